The summed E-state index contributed by atoms with van der Waals surface area (Å²) in [5.74, 6) is 0. The van der Waals surface area contributed by atoms with E-state index in [2.05, 4.69) is 15.5 Å². The topological polar surface area (TPSA) is 62.2 Å². The molecule has 0 atom stereocenters. The summed E-state index contributed by atoms with van der Waals surface area (Å²) in [7, 11) is -0.866. The first-order valence-electron chi connectivity index (χ1n) is 3.04. The van der Waals surface area contributed by atoms with Crippen molar-refractivity contribution in [3.8, 4) is 0 Å². The van der Waals surface area contributed by atoms with Crippen molar-refractivity contribution in [1.82, 2.24) is 5.06 Å². The molecule has 0 aromatic carbocycles. The van der Waals surface area contributed by atoms with Crippen LogP contribution in [0, 0.1) is 0 Å². The van der Waals surface area contributed by atoms with E-state index in [4.69, 9.17) is 9.59 Å². The molecule has 0 rings (SSSR count). The number of hydroxylamine groups is 2. The SMILES string of the molecule is C=CCO[Si](O)(O)ON(C)C. The molecule has 0 saturated carbocycles. The smallest absolute Gasteiger partial charge is 0.367 e. The van der Waals surface area contributed by atoms with E-state index in [9.17, 15) is 0 Å². The minimum absolute atomic E-state index is 0.0626. The Morgan fingerprint density at radius 1 is 1.55 bits per heavy atom. The highest BCUT2D eigenvalue weighted by Gasteiger charge is 2.37. The maximum Gasteiger partial charge on any atom is 0.691 e. The van der Waals surface area contributed by atoms with E-state index in [-0.39, 0.29) is 6.61 Å². The third kappa shape index (κ3) is 6.17. The molecule has 0 bridgehead atoms. The summed E-state index contributed by atoms with van der Waals surface area (Å²) in [5, 5.41) is 1.18. The van der Waals surface area contributed by atoms with Gasteiger partial charge in [-0.3, -0.25) is 4.53 Å². The van der Waals surface area contributed by atoms with Crippen LogP contribution in [0.1, 0.15) is 0 Å². The zero-order valence-electron chi connectivity index (χ0n) is 6.65. The lowest BCUT2D eigenvalue weighted by Crippen LogP contribution is -2.46. The first-order valence-corrected chi connectivity index (χ1v) is 4.75. The summed E-state index contributed by atoms with van der Waals surface area (Å²) in [6, 6.07) is 0. The Balaban J connectivity index is 3.69. The summed E-state index contributed by atoms with van der Waals surface area (Å²) in [6.07, 6.45) is 1.41. The average molecular weight is 179 g/mol. The minimum atomic E-state index is -3.93. The van der Waals surface area contributed by atoms with Crippen molar-refractivity contribution in [2.24, 2.45) is 0 Å². The van der Waals surface area contributed by atoms with Crippen molar-refractivity contribution in [3.05, 3.63) is 12.7 Å². The Kier molecular flexibility index (Phi) is 4.50. The first-order chi connectivity index (χ1) is 4.98. The van der Waals surface area contributed by atoms with E-state index in [0.29, 0.717) is 0 Å². The van der Waals surface area contributed by atoms with Crippen molar-refractivity contribution in [2.45, 2.75) is 0 Å². The van der Waals surface area contributed by atoms with Gasteiger partial charge in [-0.1, -0.05) is 6.08 Å². The number of nitrogens with zero attached hydrogens (tertiary/aromatic N) is 1. The number of hydrogen-bond donors (Lipinski definition) is 2. The van der Waals surface area contributed by atoms with Gasteiger partial charge in [0.25, 0.3) is 0 Å². The molecule has 0 aliphatic heterocycles. The van der Waals surface area contributed by atoms with Gasteiger partial charge in [-0.25, -0.2) is 5.06 Å². The largest absolute Gasteiger partial charge is 0.691 e. The van der Waals surface area contributed by atoms with Crippen molar-refractivity contribution in [2.75, 3.05) is 20.7 Å². The number of rotatable bonds is 5. The van der Waals surface area contributed by atoms with Crippen LogP contribution in [0.2, 0.25) is 0 Å². The Morgan fingerprint density at radius 2 is 2.09 bits per heavy atom. The highest BCUT2D eigenvalue weighted by atomic mass is 28.4. The van der Waals surface area contributed by atoms with Crippen molar-refractivity contribution in [3.63, 3.8) is 0 Å². The minimum Gasteiger partial charge on any atom is -0.367 e. The quantitative estimate of drug-likeness (QED) is 0.325. The molecule has 0 aliphatic rings. The van der Waals surface area contributed by atoms with E-state index in [1.165, 1.54) is 25.2 Å². The van der Waals surface area contributed by atoms with E-state index < -0.39 is 9.05 Å². The van der Waals surface area contributed by atoms with Gasteiger partial charge in [-0.15, -0.1) is 6.58 Å². The average Bonchev–Trinajstić information content (AvgIpc) is 1.81. The molecule has 6 heteroatoms. The second kappa shape index (κ2) is 4.60. The molecule has 2 N–H and O–H groups in total. The van der Waals surface area contributed by atoms with Gasteiger partial charge in [0.1, 0.15) is 0 Å². The van der Waals surface area contributed by atoms with Crippen LogP contribution in [-0.4, -0.2) is 44.4 Å². The molecular formula is C5H13NO4Si. The molecule has 11 heavy (non-hydrogen) atoms. The van der Waals surface area contributed by atoms with Crippen LogP contribution < -0.4 is 0 Å². The third-order valence-electron chi connectivity index (χ3n) is 0.691. The normalized spacial score (nSPS) is 12.1. The Hall–Kier alpha value is -0.243. The fourth-order valence-corrected chi connectivity index (χ4v) is 1.30. The van der Waals surface area contributed by atoms with Crippen LogP contribution in [0.15, 0.2) is 12.7 Å². The molecule has 0 saturated heterocycles. The molecule has 0 amide bonds. The zero-order valence-corrected chi connectivity index (χ0v) is 7.65. The highest BCUT2D eigenvalue weighted by Crippen LogP contribution is 1.98. The summed E-state index contributed by atoms with van der Waals surface area (Å²) in [4.78, 5) is 18.0. The Morgan fingerprint density at radius 3 is 2.45 bits per heavy atom. The van der Waals surface area contributed by atoms with Crippen LogP contribution in [-0.2, 0) is 8.95 Å². The fraction of sp³-hybridized carbons (Fsp3) is 0.600. The van der Waals surface area contributed by atoms with Gasteiger partial charge in [0, 0.05) is 14.1 Å². The maximum absolute atomic E-state index is 8.98. The molecule has 0 radical (unpaired) electrons. The summed E-state index contributed by atoms with van der Waals surface area (Å²) in [5.41, 5.74) is 0. The lowest BCUT2D eigenvalue weighted by atomic mass is 10.7. The summed E-state index contributed by atoms with van der Waals surface area (Å²) in [6.45, 7) is 3.41. The highest BCUT2D eigenvalue weighted by molar-refractivity contribution is 6.50. The van der Waals surface area contributed by atoms with Crippen LogP contribution in [0.4, 0.5) is 0 Å². The lowest BCUT2D eigenvalue weighted by Gasteiger charge is -2.19. The summed E-state index contributed by atoms with van der Waals surface area (Å²) < 4.78 is 9.11. The molecule has 0 unspecified atom stereocenters. The molecule has 0 aromatic heterocycles. The van der Waals surface area contributed by atoms with Crippen molar-refractivity contribution >= 4 is 9.05 Å². The van der Waals surface area contributed by atoms with Crippen LogP contribution in [0.3, 0.4) is 0 Å². The van der Waals surface area contributed by atoms with Gasteiger partial charge in [0.05, 0.1) is 6.61 Å². The van der Waals surface area contributed by atoms with Crippen molar-refractivity contribution < 1.29 is 18.5 Å². The summed E-state index contributed by atoms with van der Waals surface area (Å²) >= 11 is 0. The zero-order chi connectivity index (χ0) is 8.91. The van der Waals surface area contributed by atoms with Crippen molar-refractivity contribution in [1.29, 1.82) is 0 Å². The van der Waals surface area contributed by atoms with Gasteiger partial charge < -0.3 is 14.0 Å². The Bertz CT molecular complexity index is 128. The van der Waals surface area contributed by atoms with Gasteiger partial charge >= 0.3 is 9.05 Å². The third-order valence-corrected chi connectivity index (χ3v) is 1.84. The van der Waals surface area contributed by atoms with Gasteiger partial charge in [0.2, 0.25) is 0 Å². The molecule has 66 valence electrons. The van der Waals surface area contributed by atoms with Gasteiger partial charge in [0.15, 0.2) is 0 Å². The Labute approximate surface area is 66.9 Å². The molecule has 0 aromatic rings. The van der Waals surface area contributed by atoms with Crippen LogP contribution >= 0.6 is 0 Å². The second-order valence-corrected chi connectivity index (χ2v) is 3.62. The van der Waals surface area contributed by atoms with E-state index in [1.54, 1.807) is 0 Å². The predicted octanol–water partition coefficient (Wildman–Crippen LogP) is -0.898. The molecule has 0 aliphatic carbocycles. The van der Waals surface area contributed by atoms with Gasteiger partial charge in [-0.2, -0.15) is 0 Å². The fourth-order valence-electron chi connectivity index (χ4n) is 0.432. The lowest BCUT2D eigenvalue weighted by molar-refractivity contribution is -0.111. The first kappa shape index (κ1) is 10.8. The number of hydrogen-bond acceptors (Lipinski definition) is 5. The van der Waals surface area contributed by atoms with E-state index >= 15 is 0 Å². The molecule has 0 fully saturated rings. The molecule has 0 spiro atoms. The second-order valence-electron chi connectivity index (χ2n) is 2.05. The molecule has 0 heterocycles. The monoisotopic (exact) mass is 179 g/mol. The van der Waals surface area contributed by atoms with Crippen LogP contribution in [0.25, 0.3) is 0 Å². The maximum atomic E-state index is 8.98. The van der Waals surface area contributed by atoms with E-state index in [0.717, 1.165) is 0 Å². The molecular weight excluding hydrogens is 166 g/mol. The standard InChI is InChI=1S/C5H13NO4Si/c1-4-5-9-11(7,8)10-6(2)3/h4,7-8H,1,5H2,2-3H3. The predicted molar refractivity (Wildman–Crippen MR) is 41.1 cm³/mol. The van der Waals surface area contributed by atoms with E-state index in [1.807, 2.05) is 0 Å². The van der Waals surface area contributed by atoms with Crippen LogP contribution in [0.5, 0.6) is 0 Å². The van der Waals surface area contributed by atoms with Gasteiger partial charge in [-0.05, 0) is 0 Å². The molecule has 5 nitrogen and oxygen atoms in total.